The molecule has 2 aromatic rings. The maximum absolute atomic E-state index is 12.7. The van der Waals surface area contributed by atoms with Crippen LogP contribution in [0, 0.1) is 0 Å². The number of benzene rings is 2. The number of carbonyl (C=O) groups excluding carboxylic acids is 2. The molecule has 170 valence electrons. The van der Waals surface area contributed by atoms with E-state index >= 15 is 0 Å². The molecule has 0 radical (unpaired) electrons. The third-order valence-corrected chi connectivity index (χ3v) is 6.66. The number of fused-ring (bicyclic) bond motifs is 1. The van der Waals surface area contributed by atoms with Gasteiger partial charge in [-0.3, -0.25) is 14.5 Å². The number of nitrogens with zero attached hydrogens (tertiary/aromatic N) is 3. The first-order valence-electron chi connectivity index (χ1n) is 11.6. The third-order valence-electron chi connectivity index (χ3n) is 6.66. The number of piperazine rings is 1. The Morgan fingerprint density at radius 3 is 2.50 bits per heavy atom. The minimum atomic E-state index is 0.0236. The zero-order valence-corrected chi connectivity index (χ0v) is 19.1. The van der Waals surface area contributed by atoms with Crippen LogP contribution < -0.4 is 4.74 Å². The van der Waals surface area contributed by atoms with Crippen LogP contribution >= 0.6 is 0 Å². The van der Waals surface area contributed by atoms with Crippen LogP contribution in [0.5, 0.6) is 5.75 Å². The van der Waals surface area contributed by atoms with E-state index in [1.807, 2.05) is 46.2 Å². The van der Waals surface area contributed by atoms with Crippen molar-refractivity contribution in [2.45, 2.75) is 32.2 Å². The molecule has 2 aromatic carbocycles. The van der Waals surface area contributed by atoms with E-state index in [2.05, 4.69) is 17.9 Å². The van der Waals surface area contributed by atoms with Crippen LogP contribution in [0.1, 0.15) is 31.7 Å². The summed E-state index contributed by atoms with van der Waals surface area (Å²) in [5.74, 6) is 1.09. The molecule has 6 heteroatoms. The summed E-state index contributed by atoms with van der Waals surface area (Å²) in [6, 6.07) is 12.4. The molecule has 32 heavy (non-hydrogen) atoms. The average molecular weight is 436 g/mol. The van der Waals surface area contributed by atoms with E-state index in [0.717, 1.165) is 54.6 Å². The van der Waals surface area contributed by atoms with Gasteiger partial charge in [0.2, 0.25) is 11.8 Å². The van der Waals surface area contributed by atoms with Crippen molar-refractivity contribution in [2.24, 2.45) is 0 Å². The highest BCUT2D eigenvalue weighted by Crippen LogP contribution is 2.22. The zero-order valence-electron chi connectivity index (χ0n) is 19.1. The molecule has 0 spiro atoms. The maximum Gasteiger partial charge on any atom is 0.246 e. The van der Waals surface area contributed by atoms with Crippen molar-refractivity contribution in [3.05, 3.63) is 48.0 Å². The van der Waals surface area contributed by atoms with Crippen LogP contribution in [-0.4, -0.2) is 78.9 Å². The number of hydrogen-bond donors (Lipinski definition) is 0. The Balaban J connectivity index is 1.28. The Bertz CT molecular complexity index is 995. The number of rotatable bonds is 5. The molecule has 0 bridgehead atoms. The zero-order chi connectivity index (χ0) is 22.5. The normalized spacial score (nSPS) is 20.1. The van der Waals surface area contributed by atoms with E-state index in [0.29, 0.717) is 25.7 Å². The molecular formula is C26H33N3O3. The highest BCUT2D eigenvalue weighted by molar-refractivity contribution is 5.93. The van der Waals surface area contributed by atoms with E-state index in [1.54, 1.807) is 13.2 Å². The topological polar surface area (TPSA) is 53.1 Å². The molecule has 0 aromatic heterocycles. The quantitative estimate of drug-likeness (QED) is 0.676. The first-order valence-corrected chi connectivity index (χ1v) is 11.6. The summed E-state index contributed by atoms with van der Waals surface area (Å²) in [5, 5.41) is 2.22. The molecule has 2 saturated heterocycles. The summed E-state index contributed by atoms with van der Waals surface area (Å²) >= 11 is 0. The van der Waals surface area contributed by atoms with Gasteiger partial charge >= 0.3 is 0 Å². The van der Waals surface area contributed by atoms with Gasteiger partial charge in [0.15, 0.2) is 0 Å². The fraction of sp³-hybridized carbons (Fsp3) is 0.462. The lowest BCUT2D eigenvalue weighted by Gasteiger charge is -2.37. The van der Waals surface area contributed by atoms with Crippen molar-refractivity contribution in [2.75, 3.05) is 46.4 Å². The van der Waals surface area contributed by atoms with Gasteiger partial charge < -0.3 is 14.5 Å². The molecule has 0 saturated carbocycles. The van der Waals surface area contributed by atoms with E-state index in [4.69, 9.17) is 4.74 Å². The SMILES string of the molecule is COc1ccc2cc(C=CC(=O)N3CCN(CC(=O)N4CCCCC4C)CC3)ccc2c1. The van der Waals surface area contributed by atoms with E-state index < -0.39 is 0 Å². The van der Waals surface area contributed by atoms with Crippen molar-refractivity contribution >= 4 is 28.7 Å². The molecule has 1 atom stereocenters. The highest BCUT2D eigenvalue weighted by Gasteiger charge is 2.26. The van der Waals surface area contributed by atoms with Gasteiger partial charge in [0.25, 0.3) is 0 Å². The summed E-state index contributed by atoms with van der Waals surface area (Å²) in [6.07, 6.45) is 6.95. The second kappa shape index (κ2) is 10.2. The first kappa shape index (κ1) is 22.3. The van der Waals surface area contributed by atoms with Crippen molar-refractivity contribution in [1.82, 2.24) is 14.7 Å². The van der Waals surface area contributed by atoms with Gasteiger partial charge in [-0.15, -0.1) is 0 Å². The molecule has 2 heterocycles. The van der Waals surface area contributed by atoms with Crippen molar-refractivity contribution in [3.63, 3.8) is 0 Å². The van der Waals surface area contributed by atoms with Gasteiger partial charge in [0.1, 0.15) is 5.75 Å². The number of methoxy groups -OCH3 is 1. The summed E-state index contributed by atoms with van der Waals surface area (Å²) in [6.45, 7) is 6.28. The van der Waals surface area contributed by atoms with E-state index in [-0.39, 0.29) is 11.8 Å². The number of carbonyl (C=O) groups is 2. The molecule has 2 amide bonds. The lowest BCUT2D eigenvalue weighted by Crippen LogP contribution is -2.52. The first-order chi connectivity index (χ1) is 15.5. The van der Waals surface area contributed by atoms with Gasteiger partial charge in [-0.05, 0) is 66.8 Å². The molecule has 6 nitrogen and oxygen atoms in total. The van der Waals surface area contributed by atoms with Crippen LogP contribution in [-0.2, 0) is 9.59 Å². The number of likely N-dealkylation sites (tertiary alicyclic amines) is 1. The lowest BCUT2D eigenvalue weighted by atomic mass is 10.0. The fourth-order valence-corrected chi connectivity index (χ4v) is 4.62. The van der Waals surface area contributed by atoms with Crippen LogP contribution in [0.25, 0.3) is 16.8 Å². The summed E-state index contributed by atoms with van der Waals surface area (Å²) in [7, 11) is 1.66. The number of amides is 2. The van der Waals surface area contributed by atoms with Crippen LogP contribution in [0.15, 0.2) is 42.5 Å². The van der Waals surface area contributed by atoms with Crippen molar-refractivity contribution in [1.29, 1.82) is 0 Å². The summed E-state index contributed by atoms with van der Waals surface area (Å²) in [4.78, 5) is 31.4. The minimum Gasteiger partial charge on any atom is -0.497 e. The highest BCUT2D eigenvalue weighted by atomic mass is 16.5. The number of ether oxygens (including phenoxy) is 1. The minimum absolute atomic E-state index is 0.0236. The molecule has 0 N–H and O–H groups in total. The van der Waals surface area contributed by atoms with E-state index in [1.165, 1.54) is 6.42 Å². The van der Waals surface area contributed by atoms with Crippen LogP contribution in [0.2, 0.25) is 0 Å². The van der Waals surface area contributed by atoms with Gasteiger partial charge in [-0.1, -0.05) is 18.2 Å². The predicted octanol–water partition coefficient (Wildman–Crippen LogP) is 3.41. The molecule has 2 fully saturated rings. The Kier molecular flexibility index (Phi) is 7.10. The standard InChI is InChI=1S/C26H33N3O3/c1-20-5-3-4-12-29(20)26(31)19-27-13-15-28(16-14-27)25(30)11-7-21-6-8-23-18-24(32-2)10-9-22(23)17-21/h6-11,17-18,20H,3-5,12-16,19H2,1-2H3. The van der Waals surface area contributed by atoms with Gasteiger partial charge in [-0.25, -0.2) is 0 Å². The Hall–Kier alpha value is -2.86. The number of piperidine rings is 1. The predicted molar refractivity (Wildman–Crippen MR) is 128 cm³/mol. The molecule has 1 unspecified atom stereocenters. The summed E-state index contributed by atoms with van der Waals surface area (Å²) in [5.41, 5.74) is 0.996. The molecule has 4 rings (SSSR count). The second-order valence-electron chi connectivity index (χ2n) is 8.84. The summed E-state index contributed by atoms with van der Waals surface area (Å²) < 4.78 is 5.27. The fourth-order valence-electron chi connectivity index (χ4n) is 4.62. The monoisotopic (exact) mass is 435 g/mol. The van der Waals surface area contributed by atoms with Crippen LogP contribution in [0.4, 0.5) is 0 Å². The number of hydrogen-bond acceptors (Lipinski definition) is 4. The average Bonchev–Trinajstić information content (AvgIpc) is 2.82. The molecule has 2 aliphatic heterocycles. The van der Waals surface area contributed by atoms with Gasteiger partial charge in [0.05, 0.1) is 13.7 Å². The largest absolute Gasteiger partial charge is 0.497 e. The lowest BCUT2D eigenvalue weighted by molar-refractivity contribution is -0.136. The Labute approximate surface area is 190 Å². The Morgan fingerprint density at radius 1 is 1.00 bits per heavy atom. The Morgan fingerprint density at radius 2 is 1.75 bits per heavy atom. The second-order valence-corrected chi connectivity index (χ2v) is 8.84. The van der Waals surface area contributed by atoms with Crippen molar-refractivity contribution in [3.8, 4) is 5.75 Å². The van der Waals surface area contributed by atoms with Crippen molar-refractivity contribution < 1.29 is 14.3 Å². The van der Waals surface area contributed by atoms with Gasteiger partial charge in [0, 0.05) is 44.8 Å². The maximum atomic E-state index is 12.7. The van der Waals surface area contributed by atoms with Crippen LogP contribution in [0.3, 0.4) is 0 Å². The molecular weight excluding hydrogens is 402 g/mol. The molecule has 2 aliphatic rings. The smallest absolute Gasteiger partial charge is 0.246 e. The molecule has 0 aliphatic carbocycles. The van der Waals surface area contributed by atoms with Gasteiger partial charge in [-0.2, -0.15) is 0 Å². The van der Waals surface area contributed by atoms with E-state index in [9.17, 15) is 9.59 Å². The third kappa shape index (κ3) is 5.30.